The number of fused-ring (bicyclic) bond motifs is 1. The first-order valence-corrected chi connectivity index (χ1v) is 15.2. The van der Waals surface area contributed by atoms with Gasteiger partial charge in [-0.15, -0.1) is 0 Å². The molecule has 0 radical (unpaired) electrons. The average Bonchev–Trinajstić information content (AvgIpc) is 3.50. The van der Waals surface area contributed by atoms with Crippen molar-refractivity contribution in [2.24, 2.45) is 0 Å². The Hall–Kier alpha value is -3.96. The predicted molar refractivity (Wildman–Crippen MR) is 153 cm³/mol. The number of rotatable bonds is 13. The van der Waals surface area contributed by atoms with Crippen LogP contribution in [0, 0.1) is 0 Å². The number of aromatic nitrogens is 3. The van der Waals surface area contributed by atoms with Gasteiger partial charge in [-0.25, -0.2) is 19.7 Å². The van der Waals surface area contributed by atoms with Crippen molar-refractivity contribution in [3.63, 3.8) is 0 Å². The SMILES string of the molecule is COC(=O)[C@H](C)NP(=O)(N[C@@H](C)C(=O)OC)OC[C@@]1(C)O[C@@H](c2ccc3c(NC(C)=O)ncnn23)[C@H](OC(C)=O)[C@@H]1OC(C)=O. The summed E-state index contributed by atoms with van der Waals surface area (Å²) in [5.41, 5.74) is -0.951. The molecule has 0 aromatic carbocycles. The number of esters is 4. The minimum atomic E-state index is -4.30. The summed E-state index contributed by atoms with van der Waals surface area (Å²) < 4.78 is 48.2. The van der Waals surface area contributed by atoms with Crippen LogP contribution in [0.15, 0.2) is 18.5 Å². The van der Waals surface area contributed by atoms with Crippen LogP contribution >= 0.6 is 7.67 Å². The molecule has 3 rings (SSSR count). The quantitative estimate of drug-likeness (QED) is 0.154. The highest BCUT2D eigenvalue weighted by molar-refractivity contribution is 7.54. The van der Waals surface area contributed by atoms with Crippen LogP contribution in [0.3, 0.4) is 0 Å². The summed E-state index contributed by atoms with van der Waals surface area (Å²) in [6.07, 6.45) is -2.53. The number of nitrogens with one attached hydrogen (secondary N) is 3. The Labute approximate surface area is 258 Å². The number of carbonyl (C=O) groups excluding carboxylic acids is 5. The Kier molecular flexibility index (Phi) is 11.4. The molecule has 0 saturated carbocycles. The molecule has 1 aliphatic rings. The maximum absolute atomic E-state index is 14.0. The largest absolute Gasteiger partial charge is 0.468 e. The lowest BCUT2D eigenvalue weighted by atomic mass is 9.96. The second-order valence-corrected chi connectivity index (χ2v) is 12.3. The van der Waals surface area contributed by atoms with Gasteiger partial charge in [0.05, 0.1) is 26.5 Å². The molecule has 248 valence electrons. The molecular weight excluding hydrogens is 619 g/mol. The first-order valence-electron chi connectivity index (χ1n) is 13.6. The molecule has 0 spiro atoms. The van der Waals surface area contributed by atoms with Crippen LogP contribution in [0.2, 0.25) is 0 Å². The first kappa shape index (κ1) is 35.5. The smallest absolute Gasteiger partial charge is 0.342 e. The fourth-order valence-corrected chi connectivity index (χ4v) is 6.59. The van der Waals surface area contributed by atoms with Gasteiger partial charge in [0.1, 0.15) is 35.6 Å². The molecule has 1 aliphatic heterocycles. The fourth-order valence-electron chi connectivity index (χ4n) is 4.69. The Morgan fingerprint density at radius 3 is 2.09 bits per heavy atom. The Balaban J connectivity index is 2.05. The van der Waals surface area contributed by atoms with Gasteiger partial charge in [0.2, 0.25) is 5.91 Å². The van der Waals surface area contributed by atoms with Crippen LogP contribution in [-0.2, 0) is 56.7 Å². The molecule has 1 saturated heterocycles. The van der Waals surface area contributed by atoms with E-state index in [1.807, 2.05) is 0 Å². The van der Waals surface area contributed by atoms with E-state index in [0.29, 0.717) is 11.2 Å². The third-order valence-corrected chi connectivity index (χ3v) is 8.57. The molecule has 3 N–H and O–H groups in total. The zero-order valence-electron chi connectivity index (χ0n) is 26.0. The van der Waals surface area contributed by atoms with Crippen molar-refractivity contribution in [1.82, 2.24) is 24.8 Å². The van der Waals surface area contributed by atoms with Crippen molar-refractivity contribution in [2.75, 3.05) is 26.1 Å². The first-order chi connectivity index (χ1) is 21.0. The summed E-state index contributed by atoms with van der Waals surface area (Å²) in [4.78, 5) is 64.6. The van der Waals surface area contributed by atoms with Gasteiger partial charge in [-0.2, -0.15) is 5.10 Å². The van der Waals surface area contributed by atoms with Crippen molar-refractivity contribution in [3.8, 4) is 0 Å². The topological polar surface area (TPSA) is 224 Å². The van der Waals surface area contributed by atoms with E-state index in [4.69, 9.17) is 28.2 Å². The zero-order valence-corrected chi connectivity index (χ0v) is 26.9. The molecule has 6 atom stereocenters. The molecule has 2 aromatic rings. The van der Waals surface area contributed by atoms with Gasteiger partial charge >= 0.3 is 31.5 Å². The molecule has 1 amide bonds. The van der Waals surface area contributed by atoms with Gasteiger partial charge in [-0.1, -0.05) is 0 Å². The highest BCUT2D eigenvalue weighted by atomic mass is 31.2. The molecule has 45 heavy (non-hydrogen) atoms. The number of hydrogen-bond donors (Lipinski definition) is 3. The number of methoxy groups -OCH3 is 2. The van der Waals surface area contributed by atoms with Gasteiger partial charge in [0, 0.05) is 20.8 Å². The van der Waals surface area contributed by atoms with E-state index in [-0.39, 0.29) is 11.7 Å². The van der Waals surface area contributed by atoms with E-state index in [0.717, 1.165) is 28.1 Å². The van der Waals surface area contributed by atoms with E-state index >= 15 is 0 Å². The monoisotopic (exact) mass is 656 g/mol. The minimum Gasteiger partial charge on any atom is -0.468 e. The van der Waals surface area contributed by atoms with Crippen molar-refractivity contribution in [3.05, 3.63) is 24.2 Å². The van der Waals surface area contributed by atoms with E-state index in [9.17, 15) is 28.5 Å². The Bertz CT molecular complexity index is 1470. The Morgan fingerprint density at radius 2 is 1.58 bits per heavy atom. The summed E-state index contributed by atoms with van der Waals surface area (Å²) in [5.74, 6) is -3.20. The summed E-state index contributed by atoms with van der Waals surface area (Å²) in [6.45, 7) is 7.23. The lowest BCUT2D eigenvalue weighted by Gasteiger charge is -2.33. The maximum Gasteiger partial charge on any atom is 0.342 e. The van der Waals surface area contributed by atoms with E-state index in [1.165, 1.54) is 38.5 Å². The molecule has 18 nitrogen and oxygen atoms in total. The number of nitrogens with zero attached hydrogens (tertiary/aromatic N) is 3. The molecule has 3 heterocycles. The van der Waals surface area contributed by atoms with Crippen LogP contribution in [0.5, 0.6) is 0 Å². The van der Waals surface area contributed by atoms with Gasteiger partial charge in [-0.3, -0.25) is 28.5 Å². The normalized spacial score (nSPS) is 22.7. The Morgan fingerprint density at radius 1 is 1.00 bits per heavy atom. The highest BCUT2D eigenvalue weighted by Crippen LogP contribution is 2.47. The summed E-state index contributed by atoms with van der Waals surface area (Å²) in [5, 5.41) is 11.9. The molecule has 0 aliphatic carbocycles. The molecule has 0 bridgehead atoms. The van der Waals surface area contributed by atoms with E-state index in [1.54, 1.807) is 12.1 Å². The number of hydrogen-bond acceptors (Lipinski definition) is 14. The van der Waals surface area contributed by atoms with Crippen molar-refractivity contribution >= 4 is 48.8 Å². The van der Waals surface area contributed by atoms with E-state index < -0.39 is 74.2 Å². The van der Waals surface area contributed by atoms with Gasteiger partial charge < -0.3 is 33.5 Å². The van der Waals surface area contributed by atoms with Gasteiger partial charge in [-0.05, 0) is 32.9 Å². The second kappa shape index (κ2) is 14.4. The fraction of sp³-hybridized carbons (Fsp3) is 0.577. The van der Waals surface area contributed by atoms with Crippen LogP contribution in [-0.4, -0.2) is 95.1 Å². The average molecular weight is 657 g/mol. The maximum atomic E-state index is 14.0. The lowest BCUT2D eigenvalue weighted by molar-refractivity contribution is -0.169. The number of ether oxygens (including phenoxy) is 5. The summed E-state index contributed by atoms with van der Waals surface area (Å²) >= 11 is 0. The molecule has 19 heteroatoms. The molecule has 1 fully saturated rings. The zero-order chi connectivity index (χ0) is 33.7. The van der Waals surface area contributed by atoms with Crippen molar-refractivity contribution in [1.29, 1.82) is 0 Å². The van der Waals surface area contributed by atoms with Crippen LogP contribution in [0.1, 0.15) is 53.3 Å². The van der Waals surface area contributed by atoms with Crippen molar-refractivity contribution in [2.45, 2.75) is 77.5 Å². The standard InChI is InChI=1S/C26H37N6O12P/c1-13(24(36)39-7)30-45(38,31-14(2)25(37)40-8)41-11-26(6)22(43-17(5)35)21(42-16(4)34)20(44-26)18-9-10-19-23(29-15(3)33)27-12-28-32(18)19/h9-10,12-14,20-22H,11H2,1-8H3,(H2,30,31,38)(H,27,28,29,33)/t13-,14-,20-,21-,22-,26+/m0/s1. The van der Waals surface area contributed by atoms with Crippen LogP contribution < -0.4 is 15.5 Å². The third-order valence-electron chi connectivity index (χ3n) is 6.63. The predicted octanol–water partition coefficient (Wildman–Crippen LogP) is 0.808. The molecule has 0 unspecified atom stereocenters. The highest BCUT2D eigenvalue weighted by Gasteiger charge is 2.58. The lowest BCUT2D eigenvalue weighted by Crippen LogP contribution is -2.49. The van der Waals surface area contributed by atoms with Gasteiger partial charge in [0.15, 0.2) is 18.0 Å². The van der Waals surface area contributed by atoms with Crippen molar-refractivity contribution < 1.29 is 56.7 Å². The number of carbonyl (C=O) groups is 5. The van der Waals surface area contributed by atoms with Crippen LogP contribution in [0.25, 0.3) is 5.52 Å². The van der Waals surface area contributed by atoms with Gasteiger partial charge in [0.25, 0.3) is 0 Å². The minimum absolute atomic E-state index is 0.200. The summed E-state index contributed by atoms with van der Waals surface area (Å²) in [7, 11) is -2.03. The van der Waals surface area contributed by atoms with E-state index in [2.05, 4.69) is 25.6 Å². The third kappa shape index (κ3) is 8.40. The molecular formula is C26H37N6O12P. The summed E-state index contributed by atoms with van der Waals surface area (Å²) in [6, 6.07) is 0.876. The van der Waals surface area contributed by atoms with Crippen LogP contribution in [0.4, 0.5) is 5.82 Å². The molecule has 2 aromatic heterocycles. The number of anilines is 1. The number of amides is 1. The second-order valence-electron chi connectivity index (χ2n) is 10.4.